The molecule has 1 aromatic carbocycles. The lowest BCUT2D eigenvalue weighted by atomic mass is 9.82. The highest BCUT2D eigenvalue weighted by atomic mass is 16.2. The normalized spacial score (nSPS) is 25.6. The summed E-state index contributed by atoms with van der Waals surface area (Å²) >= 11 is 0. The SMILES string of the molecule is CN(C)C(=O)CC1(N2CCC(N[C@@H]3CC3c3ccccc3)CC2)CN(C(=O)N(C)C)C1. The number of hydrogen-bond acceptors (Lipinski definition) is 4. The molecule has 0 aromatic heterocycles. The van der Waals surface area contributed by atoms with Crippen LogP contribution in [0, 0.1) is 0 Å². The standard InChI is InChI=1S/C24H37N5O2/c1-26(2)22(30)15-24(16-28(17-24)23(31)27(3)4)29-12-10-19(11-13-29)25-21-14-20(21)18-8-6-5-7-9-18/h5-9,19-21,25H,10-17H2,1-4H3/t20?,21-/m1/s1. The minimum Gasteiger partial charge on any atom is -0.349 e. The molecule has 0 radical (unpaired) electrons. The summed E-state index contributed by atoms with van der Waals surface area (Å²) in [5.74, 6) is 0.793. The van der Waals surface area contributed by atoms with Crippen LogP contribution in [0.4, 0.5) is 4.79 Å². The Morgan fingerprint density at radius 3 is 2.26 bits per heavy atom. The van der Waals surface area contributed by atoms with E-state index in [-0.39, 0.29) is 17.5 Å². The largest absolute Gasteiger partial charge is 0.349 e. The lowest BCUT2D eigenvalue weighted by molar-refractivity contribution is -0.137. The maximum Gasteiger partial charge on any atom is 0.319 e. The van der Waals surface area contributed by atoms with Crippen LogP contribution in [0.5, 0.6) is 0 Å². The van der Waals surface area contributed by atoms with Crippen LogP contribution in [-0.2, 0) is 4.79 Å². The van der Waals surface area contributed by atoms with E-state index in [4.69, 9.17) is 0 Å². The Labute approximate surface area is 186 Å². The van der Waals surface area contributed by atoms with Gasteiger partial charge < -0.3 is 20.0 Å². The molecule has 3 fully saturated rings. The van der Waals surface area contributed by atoms with Crippen molar-refractivity contribution in [3.05, 3.63) is 35.9 Å². The summed E-state index contributed by atoms with van der Waals surface area (Å²) in [7, 11) is 7.19. The number of rotatable bonds is 6. The van der Waals surface area contributed by atoms with Crippen LogP contribution in [0.3, 0.4) is 0 Å². The van der Waals surface area contributed by atoms with Crippen molar-refractivity contribution in [2.24, 2.45) is 0 Å². The molecule has 2 heterocycles. The average molecular weight is 428 g/mol. The minimum atomic E-state index is -0.218. The van der Waals surface area contributed by atoms with Crippen LogP contribution in [0.2, 0.25) is 0 Å². The van der Waals surface area contributed by atoms with Crippen LogP contribution in [0.15, 0.2) is 30.3 Å². The van der Waals surface area contributed by atoms with Crippen molar-refractivity contribution < 1.29 is 9.59 Å². The molecule has 0 spiro atoms. The van der Waals surface area contributed by atoms with Crippen molar-refractivity contribution in [3.8, 4) is 0 Å². The molecule has 0 bridgehead atoms. The summed E-state index contributed by atoms with van der Waals surface area (Å²) in [6, 6.07) is 12.0. The van der Waals surface area contributed by atoms with Gasteiger partial charge in [-0.1, -0.05) is 30.3 Å². The van der Waals surface area contributed by atoms with Crippen LogP contribution < -0.4 is 5.32 Å². The molecule has 2 saturated heterocycles. The van der Waals surface area contributed by atoms with Crippen molar-refractivity contribution >= 4 is 11.9 Å². The van der Waals surface area contributed by atoms with Crippen molar-refractivity contribution in [3.63, 3.8) is 0 Å². The number of nitrogens with zero attached hydrogens (tertiary/aromatic N) is 4. The molecular weight excluding hydrogens is 390 g/mol. The second-order valence-corrected chi connectivity index (χ2v) is 10.0. The molecule has 1 aliphatic carbocycles. The molecule has 3 amide bonds. The third-order valence-corrected chi connectivity index (χ3v) is 7.24. The summed E-state index contributed by atoms with van der Waals surface area (Å²) < 4.78 is 0. The molecule has 3 aliphatic rings. The van der Waals surface area contributed by atoms with E-state index < -0.39 is 0 Å². The summed E-state index contributed by atoms with van der Waals surface area (Å²) in [5, 5.41) is 3.88. The van der Waals surface area contributed by atoms with Crippen LogP contribution in [0.1, 0.15) is 37.2 Å². The van der Waals surface area contributed by atoms with Crippen molar-refractivity contribution in [2.45, 2.75) is 49.2 Å². The molecule has 4 rings (SSSR count). The smallest absolute Gasteiger partial charge is 0.319 e. The number of piperidine rings is 1. The molecule has 170 valence electrons. The summed E-state index contributed by atoms with van der Waals surface area (Å²) in [4.78, 5) is 32.6. The lowest BCUT2D eigenvalue weighted by Crippen LogP contribution is -2.74. The first-order valence-corrected chi connectivity index (χ1v) is 11.5. The average Bonchev–Trinajstić information content (AvgIpc) is 3.50. The zero-order chi connectivity index (χ0) is 22.2. The summed E-state index contributed by atoms with van der Waals surface area (Å²) in [6.07, 6.45) is 3.90. The third kappa shape index (κ3) is 4.72. The van der Waals surface area contributed by atoms with Gasteiger partial charge in [-0.2, -0.15) is 0 Å². The Morgan fingerprint density at radius 1 is 1.03 bits per heavy atom. The van der Waals surface area contributed by atoms with E-state index in [2.05, 4.69) is 40.5 Å². The van der Waals surface area contributed by atoms with Gasteiger partial charge in [0.2, 0.25) is 5.91 Å². The van der Waals surface area contributed by atoms with Crippen LogP contribution in [-0.4, -0.2) is 104 Å². The molecule has 2 atom stereocenters. The van der Waals surface area contributed by atoms with E-state index in [0.717, 1.165) is 25.9 Å². The summed E-state index contributed by atoms with van der Waals surface area (Å²) in [6.45, 7) is 3.23. The molecule has 7 nitrogen and oxygen atoms in total. The van der Waals surface area contributed by atoms with Gasteiger partial charge in [0.1, 0.15) is 0 Å². The van der Waals surface area contributed by atoms with Gasteiger partial charge in [0.25, 0.3) is 0 Å². The molecule has 1 saturated carbocycles. The maximum absolute atomic E-state index is 12.6. The fraction of sp³-hybridized carbons (Fsp3) is 0.667. The number of nitrogens with one attached hydrogen (secondary N) is 1. The molecule has 7 heteroatoms. The van der Waals surface area contributed by atoms with Gasteiger partial charge in [0, 0.05) is 78.8 Å². The van der Waals surface area contributed by atoms with Gasteiger partial charge in [-0.15, -0.1) is 0 Å². The van der Waals surface area contributed by atoms with Crippen LogP contribution in [0.25, 0.3) is 0 Å². The molecule has 2 aliphatic heterocycles. The number of urea groups is 1. The lowest BCUT2D eigenvalue weighted by Gasteiger charge is -2.57. The number of benzene rings is 1. The third-order valence-electron chi connectivity index (χ3n) is 7.24. The second kappa shape index (κ2) is 8.79. The fourth-order valence-electron chi connectivity index (χ4n) is 5.22. The molecular formula is C24H37N5O2. The van der Waals surface area contributed by atoms with E-state index >= 15 is 0 Å². The highest BCUT2D eigenvalue weighted by Gasteiger charge is 2.52. The highest BCUT2D eigenvalue weighted by molar-refractivity contribution is 5.79. The molecule has 31 heavy (non-hydrogen) atoms. The van der Waals surface area contributed by atoms with Gasteiger partial charge in [0.05, 0.1) is 5.54 Å². The Balaban J connectivity index is 1.32. The van der Waals surface area contributed by atoms with Gasteiger partial charge in [-0.25, -0.2) is 4.79 Å². The number of likely N-dealkylation sites (tertiary alicyclic amines) is 2. The molecule has 1 unspecified atom stereocenters. The van der Waals surface area contributed by atoms with Crippen molar-refractivity contribution in [2.75, 3.05) is 54.4 Å². The first-order chi connectivity index (χ1) is 14.8. The first-order valence-electron chi connectivity index (χ1n) is 11.5. The Bertz CT molecular complexity index is 782. The maximum atomic E-state index is 12.6. The fourth-order valence-corrected chi connectivity index (χ4v) is 5.22. The monoisotopic (exact) mass is 427 g/mol. The van der Waals surface area contributed by atoms with E-state index in [0.29, 0.717) is 37.5 Å². The summed E-state index contributed by atoms with van der Waals surface area (Å²) in [5.41, 5.74) is 1.23. The van der Waals surface area contributed by atoms with Crippen LogP contribution >= 0.6 is 0 Å². The number of hydrogen-bond donors (Lipinski definition) is 1. The Morgan fingerprint density at radius 2 is 1.68 bits per heavy atom. The minimum absolute atomic E-state index is 0.0326. The van der Waals surface area contributed by atoms with Gasteiger partial charge in [-0.05, 0) is 24.8 Å². The predicted octanol–water partition coefficient (Wildman–Crippen LogP) is 1.81. The van der Waals surface area contributed by atoms with E-state index in [1.54, 1.807) is 23.9 Å². The quantitative estimate of drug-likeness (QED) is 0.752. The Kier molecular flexibility index (Phi) is 6.26. The van der Waals surface area contributed by atoms with E-state index in [1.807, 2.05) is 19.0 Å². The van der Waals surface area contributed by atoms with Crippen molar-refractivity contribution in [1.29, 1.82) is 0 Å². The zero-order valence-corrected chi connectivity index (χ0v) is 19.4. The zero-order valence-electron chi connectivity index (χ0n) is 19.4. The van der Waals surface area contributed by atoms with E-state index in [9.17, 15) is 9.59 Å². The number of carbonyl (C=O) groups excluding carboxylic acids is 2. The van der Waals surface area contributed by atoms with Gasteiger partial charge in [0.15, 0.2) is 0 Å². The topological polar surface area (TPSA) is 59.1 Å². The first kappa shape index (κ1) is 22.1. The van der Waals surface area contributed by atoms with Crippen molar-refractivity contribution in [1.82, 2.24) is 24.9 Å². The Hall–Kier alpha value is -2.12. The molecule has 1 N–H and O–H groups in total. The number of amides is 3. The highest BCUT2D eigenvalue weighted by Crippen LogP contribution is 2.42. The van der Waals surface area contributed by atoms with Gasteiger partial charge in [-0.3, -0.25) is 9.69 Å². The molecule has 1 aromatic rings. The number of carbonyl (C=O) groups is 2. The van der Waals surface area contributed by atoms with E-state index in [1.165, 1.54) is 12.0 Å². The van der Waals surface area contributed by atoms with Gasteiger partial charge >= 0.3 is 6.03 Å². The predicted molar refractivity (Wildman–Crippen MR) is 122 cm³/mol. The second-order valence-electron chi connectivity index (χ2n) is 10.0.